The molecule has 1 aromatic carbocycles. The molecule has 0 aliphatic rings. The zero-order chi connectivity index (χ0) is 19.7. The number of carbonyl (C=O) groups is 2. The predicted molar refractivity (Wildman–Crippen MR) is 75.0 cm³/mol. The maximum atomic E-state index is 13.8. The van der Waals surface area contributed by atoms with E-state index >= 15 is 0 Å². The number of aliphatic carboxylic acids is 1. The lowest BCUT2D eigenvalue weighted by atomic mass is 10.0. The average molecular weight is 389 g/mol. The summed E-state index contributed by atoms with van der Waals surface area (Å²) in [4.78, 5) is 21.9. The summed E-state index contributed by atoms with van der Waals surface area (Å²) in [5.41, 5.74) is 4.82. The Morgan fingerprint density at radius 2 is 1.44 bits per heavy atom. The molecule has 3 unspecified atom stereocenters. The highest BCUT2D eigenvalue weighted by molar-refractivity contribution is 7.71. The van der Waals surface area contributed by atoms with Gasteiger partial charge in [0.2, 0.25) is 11.7 Å². The van der Waals surface area contributed by atoms with E-state index in [2.05, 4.69) is 0 Å². The van der Waals surface area contributed by atoms with Crippen molar-refractivity contribution in [2.45, 2.75) is 18.7 Å². The number of hydrogen-bond acceptors (Lipinski definition) is 4. The van der Waals surface area contributed by atoms with Gasteiger partial charge < -0.3 is 20.5 Å². The fraction of sp³-hybridized carbons (Fsp3) is 0.385. The molecule has 1 rings (SSSR count). The molecule has 0 aromatic heterocycles. The Morgan fingerprint density at radius 1 is 1.04 bits per heavy atom. The summed E-state index contributed by atoms with van der Waals surface area (Å²) in [6.45, 7) is 0.482. The molecule has 25 heavy (non-hydrogen) atoms. The van der Waals surface area contributed by atoms with Gasteiger partial charge in [0, 0.05) is 6.42 Å². The van der Waals surface area contributed by atoms with Crippen molar-refractivity contribution >= 4 is 24.3 Å². The molecular formula is C13H13F5NO5P. The summed E-state index contributed by atoms with van der Waals surface area (Å²) in [6, 6.07) is 0. The molecule has 4 N–H and O–H groups in total. The summed E-state index contributed by atoms with van der Waals surface area (Å²) in [5, 5.41) is 17.2. The summed E-state index contributed by atoms with van der Waals surface area (Å²) >= 11 is 0. The van der Waals surface area contributed by atoms with E-state index in [4.69, 9.17) is 10.8 Å². The number of aliphatic hydroxyl groups is 1. The van der Waals surface area contributed by atoms with Crippen molar-refractivity contribution in [2.24, 2.45) is 11.7 Å². The van der Waals surface area contributed by atoms with Gasteiger partial charge in [0.05, 0.1) is 11.2 Å². The van der Waals surface area contributed by atoms with Crippen molar-refractivity contribution in [3.05, 3.63) is 29.1 Å². The number of amides is 1. The number of carboxylic acid groups (broad SMARTS) is 1. The molecule has 12 heteroatoms. The van der Waals surface area contributed by atoms with Crippen LogP contribution in [-0.2, 0) is 14.2 Å². The molecule has 0 heterocycles. The molecule has 0 spiro atoms. The molecule has 0 saturated heterocycles. The number of carboxylic acids is 1. The number of halogens is 5. The third-order valence-electron chi connectivity index (χ3n) is 3.51. The van der Waals surface area contributed by atoms with Gasteiger partial charge in [0.1, 0.15) is 13.0 Å². The smallest absolute Gasteiger partial charge is 0.309 e. The SMILES string of the molecule is CP(=O)(c1c(F)c(F)c(F)c(F)c1F)C(O)C(CCC(N)=O)C(=O)O. The minimum absolute atomic E-state index is 0.482. The largest absolute Gasteiger partial charge is 0.481 e. The van der Waals surface area contributed by atoms with Crippen molar-refractivity contribution in [1.82, 2.24) is 0 Å². The van der Waals surface area contributed by atoms with Crippen LogP contribution in [-0.4, -0.2) is 34.6 Å². The Balaban J connectivity index is 3.47. The fourth-order valence-corrected chi connectivity index (χ4v) is 4.36. The molecule has 1 amide bonds. The highest BCUT2D eigenvalue weighted by atomic mass is 31.2. The highest BCUT2D eigenvalue weighted by Gasteiger charge is 2.44. The minimum Gasteiger partial charge on any atom is -0.481 e. The number of carbonyl (C=O) groups excluding carboxylic acids is 1. The van der Waals surface area contributed by atoms with Crippen LogP contribution < -0.4 is 11.0 Å². The first-order valence-corrected chi connectivity index (χ1v) is 8.84. The standard InChI is InChI=1S/C13H13F5NO5P/c1-25(24,13(23)4(12(21)22)2-3-5(19)20)11-9(17)7(15)6(14)8(16)10(11)18/h4,13,23H,2-3H2,1H3,(H2,19,20)(H,21,22). The molecule has 0 bridgehead atoms. The monoisotopic (exact) mass is 389 g/mol. The highest BCUT2D eigenvalue weighted by Crippen LogP contribution is 2.50. The second-order valence-electron chi connectivity index (χ2n) is 5.27. The molecule has 0 radical (unpaired) electrons. The number of nitrogens with two attached hydrogens (primary N) is 1. The Kier molecular flexibility index (Phi) is 6.30. The second kappa shape index (κ2) is 7.49. The molecular weight excluding hydrogens is 376 g/mol. The van der Waals surface area contributed by atoms with Gasteiger partial charge in [-0.2, -0.15) is 0 Å². The molecule has 140 valence electrons. The van der Waals surface area contributed by atoms with Crippen molar-refractivity contribution in [1.29, 1.82) is 0 Å². The van der Waals surface area contributed by atoms with E-state index in [1.165, 1.54) is 0 Å². The second-order valence-corrected chi connectivity index (χ2v) is 8.23. The van der Waals surface area contributed by atoms with Gasteiger partial charge in [-0.1, -0.05) is 0 Å². The number of benzene rings is 1. The van der Waals surface area contributed by atoms with Crippen LogP contribution in [0.4, 0.5) is 22.0 Å². The minimum atomic E-state index is -4.83. The molecule has 0 saturated carbocycles. The van der Waals surface area contributed by atoms with E-state index in [-0.39, 0.29) is 0 Å². The average Bonchev–Trinajstić information content (AvgIpc) is 2.50. The van der Waals surface area contributed by atoms with Crippen LogP contribution in [0.2, 0.25) is 0 Å². The molecule has 0 fully saturated rings. The van der Waals surface area contributed by atoms with Gasteiger partial charge in [-0.3, -0.25) is 9.59 Å². The third-order valence-corrected chi connectivity index (χ3v) is 6.16. The molecule has 3 atom stereocenters. The first kappa shape index (κ1) is 21.0. The third kappa shape index (κ3) is 3.98. The summed E-state index contributed by atoms with van der Waals surface area (Å²) < 4.78 is 79.8. The van der Waals surface area contributed by atoms with Crippen LogP contribution in [0.3, 0.4) is 0 Å². The van der Waals surface area contributed by atoms with E-state index < -0.39 is 78.0 Å². The Hall–Kier alpha value is -2.00. The zero-order valence-corrected chi connectivity index (χ0v) is 13.5. The molecule has 1 aromatic rings. The molecule has 0 aliphatic heterocycles. The van der Waals surface area contributed by atoms with E-state index in [1.54, 1.807) is 0 Å². The van der Waals surface area contributed by atoms with E-state index in [0.717, 1.165) is 0 Å². The van der Waals surface area contributed by atoms with Gasteiger partial charge in [-0.05, 0) is 13.1 Å². The van der Waals surface area contributed by atoms with Gasteiger partial charge in [0.15, 0.2) is 23.3 Å². The van der Waals surface area contributed by atoms with Gasteiger partial charge in [-0.15, -0.1) is 0 Å². The summed E-state index contributed by atoms with van der Waals surface area (Å²) in [7, 11) is -4.83. The maximum absolute atomic E-state index is 13.8. The van der Waals surface area contributed by atoms with Crippen LogP contribution in [0, 0.1) is 35.0 Å². The van der Waals surface area contributed by atoms with Crippen LogP contribution in [0.1, 0.15) is 12.8 Å². The number of hydrogen-bond donors (Lipinski definition) is 3. The Morgan fingerprint density at radius 3 is 1.80 bits per heavy atom. The van der Waals surface area contributed by atoms with Crippen molar-refractivity contribution in [2.75, 3.05) is 6.66 Å². The van der Waals surface area contributed by atoms with Gasteiger partial charge in [-0.25, -0.2) is 22.0 Å². The Labute approximate surface area is 137 Å². The first-order valence-electron chi connectivity index (χ1n) is 6.62. The lowest BCUT2D eigenvalue weighted by Gasteiger charge is -2.26. The topological polar surface area (TPSA) is 118 Å². The summed E-state index contributed by atoms with van der Waals surface area (Å²) in [6.07, 6.45) is -1.23. The number of primary amides is 1. The predicted octanol–water partition coefficient (Wildman–Crippen LogP) is 1.28. The fourth-order valence-electron chi connectivity index (χ4n) is 2.16. The lowest BCUT2D eigenvalue weighted by Crippen LogP contribution is -2.34. The van der Waals surface area contributed by atoms with E-state index in [1.807, 2.05) is 0 Å². The maximum Gasteiger partial charge on any atom is 0.309 e. The van der Waals surface area contributed by atoms with Gasteiger partial charge >= 0.3 is 5.97 Å². The van der Waals surface area contributed by atoms with Crippen LogP contribution in [0.5, 0.6) is 0 Å². The van der Waals surface area contributed by atoms with Crippen molar-refractivity contribution in [3.8, 4) is 0 Å². The van der Waals surface area contributed by atoms with Crippen molar-refractivity contribution < 1.29 is 46.3 Å². The van der Waals surface area contributed by atoms with Crippen LogP contribution >= 0.6 is 7.14 Å². The normalized spacial score (nSPS) is 16.1. The number of rotatable bonds is 7. The van der Waals surface area contributed by atoms with Gasteiger partial charge in [0.25, 0.3) is 0 Å². The quantitative estimate of drug-likeness (QED) is 0.281. The Bertz CT molecular complexity index is 743. The summed E-state index contributed by atoms with van der Waals surface area (Å²) in [5.74, 6) is -19.4. The van der Waals surface area contributed by atoms with E-state index in [9.17, 15) is 41.2 Å². The van der Waals surface area contributed by atoms with Crippen molar-refractivity contribution in [3.63, 3.8) is 0 Å². The molecule has 0 aliphatic carbocycles. The van der Waals surface area contributed by atoms with E-state index in [0.29, 0.717) is 6.66 Å². The first-order chi connectivity index (χ1) is 11.3. The lowest BCUT2D eigenvalue weighted by molar-refractivity contribution is -0.144. The zero-order valence-electron chi connectivity index (χ0n) is 12.6. The number of aliphatic hydroxyl groups excluding tert-OH is 1. The molecule has 6 nitrogen and oxygen atoms in total. The van der Waals surface area contributed by atoms with Crippen LogP contribution in [0.25, 0.3) is 0 Å². The van der Waals surface area contributed by atoms with Crippen LogP contribution in [0.15, 0.2) is 0 Å².